The Bertz CT molecular complexity index is 420. The van der Waals surface area contributed by atoms with E-state index < -0.39 is 0 Å². The minimum absolute atomic E-state index is 0.254. The Hall–Kier alpha value is -1.27. The Labute approximate surface area is 107 Å². The highest BCUT2D eigenvalue weighted by Crippen LogP contribution is 2.12. The van der Waals surface area contributed by atoms with Crippen LogP contribution >= 0.6 is 12.2 Å². The Balaban J connectivity index is 2.95. The molecule has 1 aromatic rings. The van der Waals surface area contributed by atoms with Crippen molar-refractivity contribution in [3.05, 3.63) is 17.5 Å². The van der Waals surface area contributed by atoms with Gasteiger partial charge in [-0.25, -0.2) is 9.97 Å². The SMILES string of the molecule is COCC(C)(C)Nc1nc(C)cc(C(N)=S)n1. The fourth-order valence-electron chi connectivity index (χ4n) is 1.45. The van der Waals surface area contributed by atoms with E-state index in [-0.39, 0.29) is 10.5 Å². The van der Waals surface area contributed by atoms with Crippen molar-refractivity contribution in [2.24, 2.45) is 5.73 Å². The topological polar surface area (TPSA) is 73.1 Å². The van der Waals surface area contributed by atoms with Gasteiger partial charge in [0.05, 0.1) is 12.1 Å². The highest BCUT2D eigenvalue weighted by atomic mass is 32.1. The molecule has 0 spiro atoms. The van der Waals surface area contributed by atoms with E-state index >= 15 is 0 Å². The number of ether oxygens (including phenoxy) is 1. The molecule has 0 unspecified atom stereocenters. The summed E-state index contributed by atoms with van der Waals surface area (Å²) in [5.41, 5.74) is 6.70. The van der Waals surface area contributed by atoms with Gasteiger partial charge in [-0.05, 0) is 26.8 Å². The number of anilines is 1. The summed E-state index contributed by atoms with van der Waals surface area (Å²) in [5, 5.41) is 3.19. The molecule has 0 radical (unpaired) electrons. The summed E-state index contributed by atoms with van der Waals surface area (Å²) in [5.74, 6) is 0.509. The molecule has 17 heavy (non-hydrogen) atoms. The molecule has 0 atom stereocenters. The maximum Gasteiger partial charge on any atom is 0.224 e. The summed E-state index contributed by atoms with van der Waals surface area (Å²) in [4.78, 5) is 8.81. The van der Waals surface area contributed by atoms with Gasteiger partial charge in [-0.2, -0.15) is 0 Å². The maximum absolute atomic E-state index is 5.56. The first kappa shape index (κ1) is 13.8. The summed E-state index contributed by atoms with van der Waals surface area (Å²) >= 11 is 4.91. The summed E-state index contributed by atoms with van der Waals surface area (Å²) in [6.45, 7) is 6.43. The average molecular weight is 254 g/mol. The molecule has 0 fully saturated rings. The van der Waals surface area contributed by atoms with Gasteiger partial charge >= 0.3 is 0 Å². The molecule has 3 N–H and O–H groups in total. The number of nitrogens with one attached hydrogen (secondary N) is 1. The van der Waals surface area contributed by atoms with E-state index in [0.29, 0.717) is 18.2 Å². The van der Waals surface area contributed by atoms with E-state index in [9.17, 15) is 0 Å². The Morgan fingerprint density at radius 1 is 1.53 bits per heavy atom. The maximum atomic E-state index is 5.56. The van der Waals surface area contributed by atoms with E-state index in [1.165, 1.54) is 0 Å². The largest absolute Gasteiger partial charge is 0.388 e. The van der Waals surface area contributed by atoms with E-state index in [1.54, 1.807) is 13.2 Å². The number of nitrogens with two attached hydrogens (primary N) is 1. The summed E-state index contributed by atoms with van der Waals surface area (Å²) < 4.78 is 5.12. The highest BCUT2D eigenvalue weighted by molar-refractivity contribution is 7.80. The minimum atomic E-state index is -0.254. The molecule has 5 nitrogen and oxygen atoms in total. The zero-order valence-electron chi connectivity index (χ0n) is 10.6. The quantitative estimate of drug-likeness (QED) is 0.771. The van der Waals surface area contributed by atoms with Crippen molar-refractivity contribution in [1.82, 2.24) is 9.97 Å². The van der Waals surface area contributed by atoms with Crippen LogP contribution in [0.4, 0.5) is 5.95 Å². The molecule has 1 rings (SSSR count). The van der Waals surface area contributed by atoms with Gasteiger partial charge in [-0.1, -0.05) is 12.2 Å². The van der Waals surface area contributed by atoms with Crippen LogP contribution in [0.5, 0.6) is 0 Å². The zero-order chi connectivity index (χ0) is 13.1. The molecule has 0 bridgehead atoms. The van der Waals surface area contributed by atoms with Gasteiger partial charge in [0.1, 0.15) is 10.7 Å². The number of aromatic nitrogens is 2. The van der Waals surface area contributed by atoms with Crippen LogP contribution in [-0.4, -0.2) is 34.2 Å². The third-order valence-corrected chi connectivity index (χ3v) is 2.27. The molecule has 6 heteroatoms. The van der Waals surface area contributed by atoms with Gasteiger partial charge in [0.15, 0.2) is 0 Å². The molecule has 1 aromatic heterocycles. The first-order valence-electron chi connectivity index (χ1n) is 5.27. The molecule has 0 aliphatic heterocycles. The fraction of sp³-hybridized carbons (Fsp3) is 0.545. The van der Waals surface area contributed by atoms with E-state index in [4.69, 9.17) is 22.7 Å². The van der Waals surface area contributed by atoms with Crippen LogP contribution in [0.1, 0.15) is 25.2 Å². The Morgan fingerprint density at radius 3 is 2.71 bits per heavy atom. The number of nitrogens with zero attached hydrogens (tertiary/aromatic N) is 2. The smallest absolute Gasteiger partial charge is 0.224 e. The second-order valence-electron chi connectivity index (χ2n) is 4.52. The lowest BCUT2D eigenvalue weighted by atomic mass is 10.1. The van der Waals surface area contributed by atoms with Crippen LogP contribution in [0.3, 0.4) is 0 Å². The second kappa shape index (κ2) is 5.37. The van der Waals surface area contributed by atoms with Crippen LogP contribution in [0, 0.1) is 6.92 Å². The number of rotatable bonds is 5. The summed E-state index contributed by atoms with van der Waals surface area (Å²) in [7, 11) is 1.65. The van der Waals surface area contributed by atoms with E-state index in [2.05, 4.69) is 15.3 Å². The molecule has 0 aliphatic rings. The molecule has 1 heterocycles. The van der Waals surface area contributed by atoms with Crippen molar-refractivity contribution in [3.63, 3.8) is 0 Å². The molecular formula is C11H18N4OS. The normalized spacial score (nSPS) is 11.3. The summed E-state index contributed by atoms with van der Waals surface area (Å²) in [6, 6.07) is 1.76. The van der Waals surface area contributed by atoms with Crippen LogP contribution in [0.25, 0.3) is 0 Å². The molecule has 0 saturated carbocycles. The van der Waals surface area contributed by atoms with Gasteiger partial charge < -0.3 is 15.8 Å². The van der Waals surface area contributed by atoms with Crippen LogP contribution < -0.4 is 11.1 Å². The first-order valence-corrected chi connectivity index (χ1v) is 5.67. The Kier molecular flexibility index (Phi) is 4.36. The lowest BCUT2D eigenvalue weighted by Crippen LogP contribution is -2.37. The van der Waals surface area contributed by atoms with Gasteiger partial charge in [0.25, 0.3) is 0 Å². The Morgan fingerprint density at radius 2 is 2.18 bits per heavy atom. The van der Waals surface area contributed by atoms with E-state index in [0.717, 1.165) is 5.69 Å². The number of hydrogen-bond acceptors (Lipinski definition) is 5. The molecular weight excluding hydrogens is 236 g/mol. The second-order valence-corrected chi connectivity index (χ2v) is 4.96. The predicted molar refractivity (Wildman–Crippen MR) is 72.2 cm³/mol. The third kappa shape index (κ3) is 4.24. The van der Waals surface area contributed by atoms with Crippen molar-refractivity contribution in [2.45, 2.75) is 26.3 Å². The van der Waals surface area contributed by atoms with Gasteiger partial charge in [0.2, 0.25) is 5.95 Å². The predicted octanol–water partition coefficient (Wildman–Crippen LogP) is 1.26. The average Bonchev–Trinajstić information content (AvgIpc) is 2.15. The van der Waals surface area contributed by atoms with Crippen molar-refractivity contribution < 1.29 is 4.74 Å². The molecule has 94 valence electrons. The molecule has 0 aliphatic carbocycles. The van der Waals surface area contributed by atoms with Crippen molar-refractivity contribution in [1.29, 1.82) is 0 Å². The zero-order valence-corrected chi connectivity index (χ0v) is 11.4. The van der Waals surface area contributed by atoms with Gasteiger partial charge in [-0.15, -0.1) is 0 Å². The van der Waals surface area contributed by atoms with Gasteiger partial charge in [0, 0.05) is 12.8 Å². The van der Waals surface area contributed by atoms with Crippen LogP contribution in [0.15, 0.2) is 6.07 Å². The standard InChI is InChI=1S/C11H18N4OS/c1-7-5-8(9(12)17)14-10(13-7)15-11(2,3)6-16-4/h5H,6H2,1-4H3,(H2,12,17)(H,13,14,15). The number of hydrogen-bond donors (Lipinski definition) is 2. The monoisotopic (exact) mass is 254 g/mol. The van der Waals surface area contributed by atoms with Crippen molar-refractivity contribution >= 4 is 23.2 Å². The van der Waals surface area contributed by atoms with E-state index in [1.807, 2.05) is 20.8 Å². The highest BCUT2D eigenvalue weighted by Gasteiger charge is 2.19. The van der Waals surface area contributed by atoms with Crippen molar-refractivity contribution in [3.8, 4) is 0 Å². The first-order chi connectivity index (χ1) is 7.84. The molecule has 0 saturated heterocycles. The lowest BCUT2D eigenvalue weighted by molar-refractivity contribution is 0.158. The van der Waals surface area contributed by atoms with Crippen molar-refractivity contribution in [2.75, 3.05) is 19.0 Å². The third-order valence-electron chi connectivity index (χ3n) is 2.06. The molecule has 0 amide bonds. The van der Waals surface area contributed by atoms with Crippen LogP contribution in [-0.2, 0) is 4.74 Å². The number of aryl methyl sites for hydroxylation is 1. The van der Waals surface area contributed by atoms with Gasteiger partial charge in [-0.3, -0.25) is 0 Å². The fourth-order valence-corrected chi connectivity index (χ4v) is 1.55. The minimum Gasteiger partial charge on any atom is -0.388 e. The number of thiocarbonyl (C=S) groups is 1. The summed E-state index contributed by atoms with van der Waals surface area (Å²) in [6.07, 6.45) is 0. The molecule has 0 aromatic carbocycles. The van der Waals surface area contributed by atoms with Crippen LogP contribution in [0.2, 0.25) is 0 Å². The lowest BCUT2D eigenvalue weighted by Gasteiger charge is -2.25. The number of methoxy groups -OCH3 is 1.